The first-order chi connectivity index (χ1) is 19.3. The Kier molecular flexibility index (Phi) is 10.2. The molecule has 3 heterocycles. The molecule has 9 heteroatoms. The predicted molar refractivity (Wildman–Crippen MR) is 157 cm³/mol. The Bertz CT molecular complexity index is 1080. The highest BCUT2D eigenvalue weighted by atomic mass is 79.9. The van der Waals surface area contributed by atoms with Gasteiger partial charge in [0.1, 0.15) is 11.6 Å². The number of rotatable bonds is 15. The molecule has 0 radical (unpaired) electrons. The topological polar surface area (TPSA) is 90.4 Å². The van der Waals surface area contributed by atoms with Gasteiger partial charge >= 0.3 is 0 Å². The molecule has 3 amide bonds. The van der Waals surface area contributed by atoms with Crippen LogP contribution in [0.1, 0.15) is 44.6 Å². The molecule has 40 heavy (non-hydrogen) atoms. The molecule has 1 spiro atoms. The van der Waals surface area contributed by atoms with Gasteiger partial charge in [-0.3, -0.25) is 14.4 Å². The van der Waals surface area contributed by atoms with E-state index >= 15 is 0 Å². The van der Waals surface area contributed by atoms with Crippen molar-refractivity contribution in [3.8, 4) is 0 Å². The molecule has 4 rings (SSSR count). The number of hydrogen-bond donors (Lipinski definition) is 1. The monoisotopic (exact) mass is 615 g/mol. The highest BCUT2D eigenvalue weighted by molar-refractivity contribution is 9.09. The molecule has 1 N–H and O–H groups in total. The van der Waals surface area contributed by atoms with Gasteiger partial charge in [0.2, 0.25) is 17.7 Å². The predicted octanol–water partition coefficient (Wildman–Crippen LogP) is 3.54. The summed E-state index contributed by atoms with van der Waals surface area (Å²) < 4.78 is 6.66. The van der Waals surface area contributed by atoms with Crippen molar-refractivity contribution in [1.82, 2.24) is 14.7 Å². The van der Waals surface area contributed by atoms with Gasteiger partial charge in [0, 0.05) is 44.2 Å². The Morgan fingerprint density at radius 3 is 2.48 bits per heavy atom. The fraction of sp³-hybridized carbons (Fsp3) is 0.581. The Hall–Kier alpha value is -2.49. The second-order valence-corrected chi connectivity index (χ2v) is 12.2. The van der Waals surface area contributed by atoms with E-state index in [0.29, 0.717) is 39.0 Å². The molecule has 1 aromatic rings. The lowest BCUT2D eigenvalue weighted by molar-refractivity contribution is -0.149. The van der Waals surface area contributed by atoms with Gasteiger partial charge in [0.05, 0.1) is 17.9 Å². The molecule has 0 aliphatic carbocycles. The quantitative estimate of drug-likeness (QED) is 0.185. The van der Waals surface area contributed by atoms with Gasteiger partial charge in [-0.15, -0.1) is 13.2 Å². The molecular weight excluding hydrogens is 574 g/mol. The number of alkyl halides is 1. The third-order valence-electron chi connectivity index (χ3n) is 8.44. The molecule has 6 atom stereocenters. The molecule has 3 saturated heterocycles. The number of aliphatic hydroxyl groups is 1. The molecule has 3 fully saturated rings. The zero-order chi connectivity index (χ0) is 28.9. The van der Waals surface area contributed by atoms with Crippen molar-refractivity contribution in [1.29, 1.82) is 0 Å². The molecule has 1 aromatic carbocycles. The average Bonchev–Trinajstić information content (AvgIpc) is 3.54. The molecule has 3 aliphatic heterocycles. The number of nitrogens with zero attached hydrogens (tertiary/aromatic N) is 3. The minimum absolute atomic E-state index is 0.105. The first-order valence-electron chi connectivity index (χ1n) is 14.4. The third kappa shape index (κ3) is 5.65. The highest BCUT2D eigenvalue weighted by Crippen LogP contribution is 2.60. The van der Waals surface area contributed by atoms with Crippen molar-refractivity contribution in [2.75, 3.05) is 32.8 Å². The maximum atomic E-state index is 14.3. The van der Waals surface area contributed by atoms with E-state index in [9.17, 15) is 19.5 Å². The van der Waals surface area contributed by atoms with E-state index in [1.165, 1.54) is 0 Å². The molecule has 3 aliphatic rings. The van der Waals surface area contributed by atoms with Crippen molar-refractivity contribution < 1.29 is 24.2 Å². The lowest BCUT2D eigenvalue weighted by Crippen LogP contribution is -2.57. The smallest absolute Gasteiger partial charge is 0.248 e. The van der Waals surface area contributed by atoms with Gasteiger partial charge < -0.3 is 24.5 Å². The van der Waals surface area contributed by atoms with Gasteiger partial charge in [-0.2, -0.15) is 0 Å². The second kappa shape index (κ2) is 13.4. The number of fused-ring (bicyclic) bond motifs is 1. The molecule has 0 saturated carbocycles. The molecule has 2 bridgehead atoms. The fourth-order valence-corrected chi connectivity index (χ4v) is 7.69. The number of ether oxygens (including phenoxy) is 1. The van der Waals surface area contributed by atoms with E-state index in [-0.39, 0.29) is 35.7 Å². The second-order valence-electron chi connectivity index (χ2n) is 11.0. The van der Waals surface area contributed by atoms with Crippen LogP contribution in [-0.2, 0) is 25.7 Å². The number of benzene rings is 1. The first kappa shape index (κ1) is 30.5. The normalized spacial score (nSPS) is 28.4. The summed E-state index contributed by atoms with van der Waals surface area (Å²) in [4.78, 5) is 47.5. The number of amides is 3. The van der Waals surface area contributed by atoms with E-state index in [2.05, 4.69) is 36.0 Å². The van der Waals surface area contributed by atoms with E-state index in [1.807, 2.05) is 30.3 Å². The number of aliphatic hydroxyl groups excluding tert-OH is 1. The average molecular weight is 617 g/mol. The van der Waals surface area contributed by atoms with E-state index in [0.717, 1.165) is 24.8 Å². The van der Waals surface area contributed by atoms with Crippen LogP contribution >= 0.6 is 15.9 Å². The Labute approximate surface area is 246 Å². The van der Waals surface area contributed by atoms with Crippen molar-refractivity contribution in [3.63, 3.8) is 0 Å². The SMILES string of the molecule is C=CCN(CCCCC)C(=O)C1N(CCCO)C(=O)[C@@H]2[C@@H](C(=O)N(CC=C)Cc3ccccc3)[C@@H]3OC12CC3Br. The number of carbonyl (C=O) groups is 3. The Balaban J connectivity index is 1.70. The van der Waals surface area contributed by atoms with Crippen molar-refractivity contribution >= 4 is 33.7 Å². The van der Waals surface area contributed by atoms with Crippen LogP contribution < -0.4 is 0 Å². The number of hydrogen-bond acceptors (Lipinski definition) is 5. The first-order valence-corrected chi connectivity index (χ1v) is 15.3. The zero-order valence-electron chi connectivity index (χ0n) is 23.4. The van der Waals surface area contributed by atoms with Gasteiger partial charge in [0.15, 0.2) is 0 Å². The molecular formula is C31H42BrN3O5. The molecule has 218 valence electrons. The molecule has 8 nitrogen and oxygen atoms in total. The van der Waals surface area contributed by atoms with Gasteiger partial charge in [0.25, 0.3) is 0 Å². The Morgan fingerprint density at radius 2 is 1.82 bits per heavy atom. The van der Waals surface area contributed by atoms with Crippen LogP contribution in [0.15, 0.2) is 55.6 Å². The lowest BCUT2D eigenvalue weighted by Gasteiger charge is -2.37. The summed E-state index contributed by atoms with van der Waals surface area (Å²) in [6.45, 7) is 11.6. The summed E-state index contributed by atoms with van der Waals surface area (Å²) in [6, 6.07) is 8.87. The third-order valence-corrected chi connectivity index (χ3v) is 9.28. The molecule has 3 unspecified atom stereocenters. The summed E-state index contributed by atoms with van der Waals surface area (Å²) in [5.41, 5.74) is -0.131. The van der Waals surface area contributed by atoms with Crippen molar-refractivity contribution in [3.05, 3.63) is 61.2 Å². The highest BCUT2D eigenvalue weighted by Gasteiger charge is 2.76. The number of carbonyl (C=O) groups excluding carboxylic acids is 3. The number of halogens is 1. The summed E-state index contributed by atoms with van der Waals surface area (Å²) in [5.74, 6) is -2.07. The lowest BCUT2D eigenvalue weighted by atomic mass is 9.70. The maximum absolute atomic E-state index is 14.3. The van der Waals surface area contributed by atoms with E-state index in [4.69, 9.17) is 4.74 Å². The van der Waals surface area contributed by atoms with Crippen LogP contribution in [0.3, 0.4) is 0 Å². The Morgan fingerprint density at radius 1 is 1.12 bits per heavy atom. The van der Waals surface area contributed by atoms with Gasteiger partial charge in [-0.1, -0.05) is 78.2 Å². The fourth-order valence-electron chi connectivity index (χ4n) is 6.75. The van der Waals surface area contributed by atoms with Crippen LogP contribution in [0.25, 0.3) is 0 Å². The minimum Gasteiger partial charge on any atom is -0.396 e. The largest absolute Gasteiger partial charge is 0.396 e. The molecule has 0 aromatic heterocycles. The van der Waals surface area contributed by atoms with Crippen LogP contribution in [0.4, 0.5) is 0 Å². The zero-order valence-corrected chi connectivity index (χ0v) is 25.0. The van der Waals surface area contributed by atoms with Crippen LogP contribution in [-0.4, -0.2) is 92.9 Å². The van der Waals surface area contributed by atoms with Crippen LogP contribution in [0.5, 0.6) is 0 Å². The van der Waals surface area contributed by atoms with E-state index < -0.39 is 29.6 Å². The van der Waals surface area contributed by atoms with E-state index in [1.54, 1.807) is 26.9 Å². The maximum Gasteiger partial charge on any atom is 0.248 e. The summed E-state index contributed by atoms with van der Waals surface area (Å²) in [5, 5.41) is 9.61. The standard InChI is InChI=1S/C31H42BrN3O5/c1-4-7-11-17-33(15-5-2)30(39)27-31-20-23(32)26(40-31)24(25(31)29(38)35(27)18-12-19-36)28(37)34(16-6-3)21-22-13-9-8-10-14-22/h5-6,8-10,13-14,23-27,36H,2-4,7,11-12,15-21H2,1H3/t23?,24-,25+,26-,27?,31?/m1/s1. The van der Waals surface area contributed by atoms with Crippen LogP contribution in [0, 0.1) is 11.8 Å². The minimum atomic E-state index is -1.11. The number of unbranched alkanes of at least 4 members (excludes halogenated alkanes) is 2. The summed E-state index contributed by atoms with van der Waals surface area (Å²) >= 11 is 3.75. The summed E-state index contributed by atoms with van der Waals surface area (Å²) in [6.07, 6.45) is 6.54. The van der Waals surface area contributed by atoms with Crippen molar-refractivity contribution in [2.24, 2.45) is 11.8 Å². The van der Waals surface area contributed by atoms with Crippen LogP contribution in [0.2, 0.25) is 0 Å². The van der Waals surface area contributed by atoms with Gasteiger partial charge in [-0.25, -0.2) is 0 Å². The van der Waals surface area contributed by atoms with Crippen molar-refractivity contribution in [2.45, 2.75) is 68.1 Å². The number of likely N-dealkylation sites (tertiary alicyclic amines) is 1. The summed E-state index contributed by atoms with van der Waals surface area (Å²) in [7, 11) is 0. The van der Waals surface area contributed by atoms with Gasteiger partial charge in [-0.05, 0) is 24.8 Å².